The van der Waals surface area contributed by atoms with Crippen LogP contribution in [0.15, 0.2) is 52.3 Å². The van der Waals surface area contributed by atoms with E-state index in [0.717, 1.165) is 5.69 Å². The van der Waals surface area contributed by atoms with Gasteiger partial charge in [-0.3, -0.25) is 9.89 Å². The van der Waals surface area contributed by atoms with Crippen molar-refractivity contribution >= 4 is 12.1 Å². The number of carbonyl (C=O) groups excluding carboxylic acids is 1. The summed E-state index contributed by atoms with van der Waals surface area (Å²) in [4.78, 5) is 11.9. The molecule has 0 saturated heterocycles. The smallest absolute Gasteiger partial charge is 0.291 e. The quantitative estimate of drug-likeness (QED) is 0.565. The summed E-state index contributed by atoms with van der Waals surface area (Å²) in [6, 6.07) is 8.93. The Labute approximate surface area is 120 Å². The SMILES string of the molecule is Cn1cccc1/C=N\NC(=O)c1cc(-c2ccco2)[nH]n1. The molecule has 0 aliphatic heterocycles. The lowest BCUT2D eigenvalue weighted by atomic mass is 10.3. The lowest BCUT2D eigenvalue weighted by molar-refractivity contribution is 0.0950. The van der Waals surface area contributed by atoms with Crippen molar-refractivity contribution in [2.75, 3.05) is 0 Å². The molecule has 0 saturated carbocycles. The van der Waals surface area contributed by atoms with Crippen LogP contribution in [0.25, 0.3) is 11.5 Å². The molecular formula is C14H13N5O2. The van der Waals surface area contributed by atoms with Crippen LogP contribution in [-0.2, 0) is 7.05 Å². The van der Waals surface area contributed by atoms with E-state index in [0.29, 0.717) is 11.5 Å². The molecule has 3 aromatic rings. The van der Waals surface area contributed by atoms with Crippen molar-refractivity contribution in [3.8, 4) is 11.5 Å². The second kappa shape index (κ2) is 5.49. The lowest BCUT2D eigenvalue weighted by Gasteiger charge is -1.96. The zero-order chi connectivity index (χ0) is 14.7. The molecule has 0 spiro atoms. The predicted molar refractivity (Wildman–Crippen MR) is 76.8 cm³/mol. The van der Waals surface area contributed by atoms with E-state index in [1.54, 1.807) is 30.7 Å². The maximum Gasteiger partial charge on any atom is 0.291 e. The molecule has 0 aliphatic rings. The molecule has 0 fully saturated rings. The summed E-state index contributed by atoms with van der Waals surface area (Å²) in [6.07, 6.45) is 5.02. The minimum absolute atomic E-state index is 0.241. The van der Waals surface area contributed by atoms with Crippen molar-refractivity contribution in [2.24, 2.45) is 12.1 Å². The number of furan rings is 1. The van der Waals surface area contributed by atoms with Crippen LogP contribution in [0.5, 0.6) is 0 Å². The number of aromatic nitrogens is 3. The van der Waals surface area contributed by atoms with E-state index in [1.165, 1.54) is 0 Å². The minimum atomic E-state index is -0.394. The standard InChI is InChI=1S/C14H13N5O2/c1-19-6-2-4-10(19)9-15-18-14(20)12-8-11(16-17-12)13-5-3-7-21-13/h2-9H,1H3,(H,16,17)(H,18,20)/b15-9-. The number of amides is 1. The first-order valence-electron chi connectivity index (χ1n) is 6.28. The highest BCUT2D eigenvalue weighted by atomic mass is 16.3. The summed E-state index contributed by atoms with van der Waals surface area (Å²) in [5, 5.41) is 10.6. The van der Waals surface area contributed by atoms with Crippen LogP contribution in [0.4, 0.5) is 0 Å². The van der Waals surface area contributed by atoms with E-state index in [4.69, 9.17) is 4.42 Å². The van der Waals surface area contributed by atoms with Gasteiger partial charge in [-0.25, -0.2) is 5.43 Å². The Hall–Kier alpha value is -3.09. The molecule has 3 aromatic heterocycles. The van der Waals surface area contributed by atoms with Crippen LogP contribution in [0.2, 0.25) is 0 Å². The Morgan fingerprint density at radius 3 is 3.10 bits per heavy atom. The van der Waals surface area contributed by atoms with Gasteiger partial charge in [-0.1, -0.05) is 0 Å². The molecule has 3 heterocycles. The van der Waals surface area contributed by atoms with Gasteiger partial charge in [0.25, 0.3) is 5.91 Å². The minimum Gasteiger partial charge on any atom is -0.463 e. The van der Waals surface area contributed by atoms with Gasteiger partial charge in [0.15, 0.2) is 11.5 Å². The zero-order valence-electron chi connectivity index (χ0n) is 11.3. The molecule has 7 heteroatoms. The molecular weight excluding hydrogens is 270 g/mol. The van der Waals surface area contributed by atoms with Gasteiger partial charge in [0.05, 0.1) is 18.2 Å². The summed E-state index contributed by atoms with van der Waals surface area (Å²) in [5.41, 5.74) is 4.19. The Morgan fingerprint density at radius 2 is 2.38 bits per heavy atom. The number of hydrogen-bond donors (Lipinski definition) is 2. The van der Waals surface area contributed by atoms with Crippen molar-refractivity contribution in [2.45, 2.75) is 0 Å². The topological polar surface area (TPSA) is 88.2 Å². The Kier molecular flexibility index (Phi) is 3.38. The predicted octanol–water partition coefficient (Wildman–Crippen LogP) is 1.77. The third-order valence-corrected chi connectivity index (χ3v) is 2.94. The van der Waals surface area contributed by atoms with Gasteiger partial charge >= 0.3 is 0 Å². The van der Waals surface area contributed by atoms with E-state index in [-0.39, 0.29) is 5.69 Å². The molecule has 0 unspecified atom stereocenters. The average molecular weight is 283 g/mol. The molecule has 0 aromatic carbocycles. The molecule has 0 aliphatic carbocycles. The van der Waals surface area contributed by atoms with Crippen LogP contribution < -0.4 is 5.43 Å². The van der Waals surface area contributed by atoms with Crippen LogP contribution in [-0.4, -0.2) is 26.9 Å². The van der Waals surface area contributed by atoms with E-state index in [1.807, 2.05) is 29.9 Å². The maximum atomic E-state index is 11.9. The number of hydrazone groups is 1. The highest BCUT2D eigenvalue weighted by Crippen LogP contribution is 2.17. The van der Waals surface area contributed by atoms with Gasteiger partial charge in [-0.2, -0.15) is 10.2 Å². The van der Waals surface area contributed by atoms with Crippen molar-refractivity contribution < 1.29 is 9.21 Å². The van der Waals surface area contributed by atoms with Gasteiger partial charge < -0.3 is 8.98 Å². The van der Waals surface area contributed by atoms with Gasteiger partial charge in [0, 0.05) is 19.3 Å². The number of nitrogens with one attached hydrogen (secondary N) is 2. The van der Waals surface area contributed by atoms with E-state index in [2.05, 4.69) is 20.7 Å². The second-order valence-corrected chi connectivity index (χ2v) is 4.39. The van der Waals surface area contributed by atoms with Gasteiger partial charge in [-0.05, 0) is 24.3 Å². The number of aromatic amines is 1. The molecule has 1 amide bonds. The second-order valence-electron chi connectivity index (χ2n) is 4.39. The first-order chi connectivity index (χ1) is 10.2. The number of H-pyrrole nitrogens is 1. The first kappa shape index (κ1) is 12.9. The monoisotopic (exact) mass is 283 g/mol. The number of rotatable bonds is 4. The third kappa shape index (κ3) is 2.76. The first-order valence-corrected chi connectivity index (χ1v) is 6.28. The summed E-state index contributed by atoms with van der Waals surface area (Å²) in [6.45, 7) is 0. The van der Waals surface area contributed by atoms with Crippen LogP contribution >= 0.6 is 0 Å². The number of aryl methyl sites for hydroxylation is 1. The fourth-order valence-corrected chi connectivity index (χ4v) is 1.82. The normalized spacial score (nSPS) is 11.1. The Bertz CT molecular complexity index is 767. The van der Waals surface area contributed by atoms with E-state index in [9.17, 15) is 4.79 Å². The molecule has 3 rings (SSSR count). The fourth-order valence-electron chi connectivity index (χ4n) is 1.82. The summed E-state index contributed by atoms with van der Waals surface area (Å²) in [5.74, 6) is 0.225. The van der Waals surface area contributed by atoms with Crippen LogP contribution in [0, 0.1) is 0 Å². The van der Waals surface area contributed by atoms with E-state index < -0.39 is 5.91 Å². The highest BCUT2D eigenvalue weighted by Gasteiger charge is 2.11. The number of carbonyl (C=O) groups is 1. The average Bonchev–Trinajstić information content (AvgIpc) is 3.19. The number of hydrogen-bond acceptors (Lipinski definition) is 4. The largest absolute Gasteiger partial charge is 0.463 e. The maximum absolute atomic E-state index is 11.9. The van der Waals surface area contributed by atoms with Crippen molar-refractivity contribution in [1.29, 1.82) is 0 Å². The van der Waals surface area contributed by atoms with Gasteiger partial charge in [0.2, 0.25) is 0 Å². The molecule has 0 bridgehead atoms. The van der Waals surface area contributed by atoms with Gasteiger partial charge in [0.1, 0.15) is 5.69 Å². The zero-order valence-corrected chi connectivity index (χ0v) is 11.3. The molecule has 106 valence electrons. The molecule has 7 nitrogen and oxygen atoms in total. The van der Waals surface area contributed by atoms with Crippen LogP contribution in [0.3, 0.4) is 0 Å². The summed E-state index contributed by atoms with van der Waals surface area (Å²) < 4.78 is 7.11. The number of nitrogens with zero attached hydrogens (tertiary/aromatic N) is 3. The molecule has 2 N–H and O–H groups in total. The van der Waals surface area contributed by atoms with Crippen molar-refractivity contribution in [3.63, 3.8) is 0 Å². The Balaban J connectivity index is 1.66. The summed E-state index contributed by atoms with van der Waals surface area (Å²) in [7, 11) is 1.90. The molecule has 21 heavy (non-hydrogen) atoms. The Morgan fingerprint density at radius 1 is 1.48 bits per heavy atom. The summed E-state index contributed by atoms with van der Waals surface area (Å²) >= 11 is 0. The lowest BCUT2D eigenvalue weighted by Crippen LogP contribution is -2.18. The third-order valence-electron chi connectivity index (χ3n) is 2.94. The van der Waals surface area contributed by atoms with Crippen LogP contribution in [0.1, 0.15) is 16.2 Å². The molecule has 0 atom stereocenters. The fraction of sp³-hybridized carbons (Fsp3) is 0.0714. The van der Waals surface area contributed by atoms with Crippen molar-refractivity contribution in [3.05, 3.63) is 54.2 Å². The molecule has 0 radical (unpaired) electrons. The highest BCUT2D eigenvalue weighted by molar-refractivity contribution is 5.93. The van der Waals surface area contributed by atoms with Crippen molar-refractivity contribution in [1.82, 2.24) is 20.2 Å². The van der Waals surface area contributed by atoms with Gasteiger partial charge in [-0.15, -0.1) is 0 Å². The van der Waals surface area contributed by atoms with E-state index >= 15 is 0 Å².